The summed E-state index contributed by atoms with van der Waals surface area (Å²) in [5.74, 6) is 1.77. The van der Waals surface area contributed by atoms with Crippen LogP contribution in [0.2, 0.25) is 0 Å². The third kappa shape index (κ3) is 3.20. The summed E-state index contributed by atoms with van der Waals surface area (Å²) < 4.78 is 0. The van der Waals surface area contributed by atoms with Gasteiger partial charge in [-0.3, -0.25) is 0 Å². The predicted octanol–water partition coefficient (Wildman–Crippen LogP) is 1.54. The number of benzene rings is 1. The lowest BCUT2D eigenvalue weighted by atomic mass is 10.2. The van der Waals surface area contributed by atoms with Crippen molar-refractivity contribution < 1.29 is 5.11 Å². The highest BCUT2D eigenvalue weighted by Gasteiger charge is 2.10. The monoisotopic (exact) mass is 258 g/mol. The van der Waals surface area contributed by atoms with Crippen LogP contribution in [-0.2, 0) is 0 Å². The van der Waals surface area contributed by atoms with E-state index in [-0.39, 0.29) is 6.61 Å². The van der Waals surface area contributed by atoms with E-state index in [1.807, 2.05) is 42.2 Å². The van der Waals surface area contributed by atoms with Crippen LogP contribution >= 0.6 is 0 Å². The molecule has 0 aliphatic heterocycles. The van der Waals surface area contributed by atoms with Gasteiger partial charge in [-0.15, -0.1) is 0 Å². The lowest BCUT2D eigenvalue weighted by molar-refractivity contribution is 0.302. The van der Waals surface area contributed by atoms with Crippen molar-refractivity contribution in [3.63, 3.8) is 0 Å². The molecule has 1 aromatic heterocycles. The minimum atomic E-state index is 0.0818. The Morgan fingerprint density at radius 1 is 1.21 bits per heavy atom. The van der Waals surface area contributed by atoms with E-state index in [2.05, 4.69) is 9.97 Å². The van der Waals surface area contributed by atoms with E-state index in [9.17, 15) is 0 Å². The van der Waals surface area contributed by atoms with Gasteiger partial charge in [-0.1, -0.05) is 30.3 Å². The number of nitrogen functional groups attached to an aromatic ring is 1. The molecule has 0 aliphatic carbocycles. The highest BCUT2D eigenvalue weighted by molar-refractivity contribution is 5.60. The molecule has 0 aliphatic rings. The van der Waals surface area contributed by atoms with Crippen molar-refractivity contribution in [3.05, 3.63) is 36.4 Å². The first-order chi connectivity index (χ1) is 9.24. The van der Waals surface area contributed by atoms with Crippen molar-refractivity contribution in [1.82, 2.24) is 9.97 Å². The van der Waals surface area contributed by atoms with Crippen LogP contribution in [0.5, 0.6) is 0 Å². The fourth-order valence-electron chi connectivity index (χ4n) is 1.89. The number of aromatic nitrogens is 2. The second-order valence-electron chi connectivity index (χ2n) is 4.14. The molecule has 0 fully saturated rings. The molecule has 19 heavy (non-hydrogen) atoms. The molecular weight excluding hydrogens is 240 g/mol. The van der Waals surface area contributed by atoms with Gasteiger partial charge in [0.05, 0.1) is 6.61 Å². The molecule has 100 valence electrons. The highest BCUT2D eigenvalue weighted by atomic mass is 16.3. The van der Waals surface area contributed by atoms with Crippen molar-refractivity contribution in [2.24, 2.45) is 0 Å². The van der Waals surface area contributed by atoms with Crippen molar-refractivity contribution in [3.8, 4) is 11.4 Å². The van der Waals surface area contributed by atoms with E-state index in [1.165, 1.54) is 0 Å². The minimum absolute atomic E-state index is 0.0818. The first kappa shape index (κ1) is 13.3. The van der Waals surface area contributed by atoms with Crippen LogP contribution in [0.25, 0.3) is 11.4 Å². The number of likely N-dealkylation sites (N-methyl/N-ethyl adjacent to an activating group) is 1. The van der Waals surface area contributed by atoms with Crippen LogP contribution in [0.1, 0.15) is 6.92 Å². The zero-order valence-electron chi connectivity index (χ0n) is 11.0. The van der Waals surface area contributed by atoms with Gasteiger partial charge in [-0.05, 0) is 6.92 Å². The first-order valence-electron chi connectivity index (χ1n) is 6.30. The van der Waals surface area contributed by atoms with Gasteiger partial charge in [0.15, 0.2) is 5.82 Å². The maximum Gasteiger partial charge on any atom is 0.163 e. The number of nitrogens with two attached hydrogens (primary N) is 1. The Balaban J connectivity index is 2.39. The second kappa shape index (κ2) is 6.15. The third-order valence-corrected chi connectivity index (χ3v) is 2.84. The summed E-state index contributed by atoms with van der Waals surface area (Å²) in [6.45, 7) is 3.38. The second-order valence-corrected chi connectivity index (χ2v) is 4.14. The maximum atomic E-state index is 9.07. The fourth-order valence-corrected chi connectivity index (χ4v) is 1.89. The summed E-state index contributed by atoms with van der Waals surface area (Å²) in [5.41, 5.74) is 6.77. The molecule has 0 unspecified atom stereocenters. The Hall–Kier alpha value is -2.14. The molecule has 0 saturated heterocycles. The zero-order valence-corrected chi connectivity index (χ0v) is 11.0. The van der Waals surface area contributed by atoms with Gasteiger partial charge in [0.1, 0.15) is 11.6 Å². The molecule has 5 heteroatoms. The van der Waals surface area contributed by atoms with E-state index in [0.29, 0.717) is 18.2 Å². The Morgan fingerprint density at radius 2 is 1.95 bits per heavy atom. The van der Waals surface area contributed by atoms with Crippen LogP contribution in [0, 0.1) is 0 Å². The highest BCUT2D eigenvalue weighted by Crippen LogP contribution is 2.20. The van der Waals surface area contributed by atoms with Crippen LogP contribution in [0.15, 0.2) is 36.4 Å². The molecule has 5 nitrogen and oxygen atoms in total. The molecule has 0 atom stereocenters. The van der Waals surface area contributed by atoms with Gasteiger partial charge in [0, 0.05) is 24.7 Å². The van der Waals surface area contributed by atoms with Gasteiger partial charge in [-0.25, -0.2) is 9.97 Å². The SMILES string of the molecule is CCN(CCO)c1cc(N)nc(-c2ccccc2)n1. The van der Waals surface area contributed by atoms with Crippen molar-refractivity contribution in [1.29, 1.82) is 0 Å². The smallest absolute Gasteiger partial charge is 0.163 e. The molecule has 3 N–H and O–H groups in total. The lowest BCUT2D eigenvalue weighted by Crippen LogP contribution is -2.27. The topological polar surface area (TPSA) is 75.3 Å². The van der Waals surface area contributed by atoms with Crippen molar-refractivity contribution >= 4 is 11.6 Å². The Labute approximate surface area is 112 Å². The van der Waals surface area contributed by atoms with E-state index in [4.69, 9.17) is 10.8 Å². The summed E-state index contributed by atoms with van der Waals surface area (Å²) >= 11 is 0. The fraction of sp³-hybridized carbons (Fsp3) is 0.286. The average Bonchev–Trinajstić information content (AvgIpc) is 2.45. The number of nitrogens with zero attached hydrogens (tertiary/aromatic N) is 3. The number of hydrogen-bond acceptors (Lipinski definition) is 5. The Morgan fingerprint density at radius 3 is 2.58 bits per heavy atom. The summed E-state index contributed by atoms with van der Waals surface area (Å²) in [6, 6.07) is 11.4. The molecule has 0 radical (unpaired) electrons. The van der Waals surface area contributed by atoms with Gasteiger partial charge >= 0.3 is 0 Å². The quantitative estimate of drug-likeness (QED) is 0.851. The molecule has 2 aromatic rings. The third-order valence-electron chi connectivity index (χ3n) is 2.84. The molecule has 1 heterocycles. The molecule has 1 aromatic carbocycles. The van der Waals surface area contributed by atoms with Crippen LogP contribution in [0.3, 0.4) is 0 Å². The van der Waals surface area contributed by atoms with Crippen molar-refractivity contribution in [2.45, 2.75) is 6.92 Å². The van der Waals surface area contributed by atoms with E-state index in [1.54, 1.807) is 6.07 Å². The van der Waals surface area contributed by atoms with E-state index in [0.717, 1.165) is 17.9 Å². The number of anilines is 2. The summed E-state index contributed by atoms with van der Waals surface area (Å²) in [6.07, 6.45) is 0. The number of hydrogen-bond donors (Lipinski definition) is 2. The number of rotatable bonds is 5. The van der Waals surface area contributed by atoms with Gasteiger partial charge in [0.25, 0.3) is 0 Å². The normalized spacial score (nSPS) is 10.4. The summed E-state index contributed by atoms with van der Waals surface area (Å²) in [5, 5.41) is 9.07. The van der Waals surface area contributed by atoms with Crippen LogP contribution in [0.4, 0.5) is 11.6 Å². The van der Waals surface area contributed by atoms with E-state index < -0.39 is 0 Å². The zero-order chi connectivity index (χ0) is 13.7. The first-order valence-corrected chi connectivity index (χ1v) is 6.30. The maximum absolute atomic E-state index is 9.07. The standard InChI is InChI=1S/C14H18N4O/c1-2-18(8-9-19)13-10-12(15)16-14(17-13)11-6-4-3-5-7-11/h3-7,10,19H,2,8-9H2,1H3,(H2,15,16,17). The summed E-state index contributed by atoms with van der Waals surface area (Å²) in [7, 11) is 0. The van der Waals surface area contributed by atoms with Crippen molar-refractivity contribution in [2.75, 3.05) is 30.3 Å². The predicted molar refractivity (Wildman–Crippen MR) is 76.9 cm³/mol. The average molecular weight is 258 g/mol. The molecule has 0 bridgehead atoms. The van der Waals surface area contributed by atoms with Gasteiger partial charge in [0.2, 0.25) is 0 Å². The van der Waals surface area contributed by atoms with E-state index >= 15 is 0 Å². The molecular formula is C14H18N4O. The Kier molecular flexibility index (Phi) is 4.30. The number of aliphatic hydroxyl groups excluding tert-OH is 1. The summed E-state index contributed by atoms with van der Waals surface area (Å²) in [4.78, 5) is 10.7. The van der Waals surface area contributed by atoms with Crippen LogP contribution in [-0.4, -0.2) is 34.8 Å². The van der Waals surface area contributed by atoms with Gasteiger partial charge < -0.3 is 15.7 Å². The molecule has 0 spiro atoms. The molecule has 0 amide bonds. The molecule has 2 rings (SSSR count). The Bertz CT molecular complexity index is 530. The lowest BCUT2D eigenvalue weighted by Gasteiger charge is -2.21. The van der Waals surface area contributed by atoms with Crippen LogP contribution < -0.4 is 10.6 Å². The minimum Gasteiger partial charge on any atom is -0.395 e. The van der Waals surface area contributed by atoms with Gasteiger partial charge in [-0.2, -0.15) is 0 Å². The largest absolute Gasteiger partial charge is 0.395 e. The number of aliphatic hydroxyl groups is 1. The molecule has 0 saturated carbocycles.